The fourth-order valence-corrected chi connectivity index (χ4v) is 1.93. The molecule has 0 amide bonds. The molecule has 0 spiro atoms. The molecule has 0 unspecified atom stereocenters. The van der Waals surface area contributed by atoms with E-state index in [-0.39, 0.29) is 0 Å². The SMILES string of the molecule is c1cncc(NC2CCCCC2)c1. The van der Waals surface area contributed by atoms with E-state index in [1.807, 2.05) is 18.5 Å². The van der Waals surface area contributed by atoms with Crippen molar-refractivity contribution >= 4 is 5.69 Å². The van der Waals surface area contributed by atoms with Crippen molar-refractivity contribution in [3.8, 4) is 0 Å². The van der Waals surface area contributed by atoms with E-state index in [0.717, 1.165) is 5.69 Å². The Morgan fingerprint density at radius 3 is 2.77 bits per heavy atom. The molecule has 2 heteroatoms. The zero-order chi connectivity index (χ0) is 8.93. The van der Waals surface area contributed by atoms with Gasteiger partial charge in [-0.25, -0.2) is 0 Å². The molecule has 0 aliphatic heterocycles. The van der Waals surface area contributed by atoms with E-state index in [2.05, 4.69) is 16.4 Å². The summed E-state index contributed by atoms with van der Waals surface area (Å²) in [6.07, 6.45) is 10.5. The zero-order valence-corrected chi connectivity index (χ0v) is 7.87. The van der Waals surface area contributed by atoms with Gasteiger partial charge in [0, 0.05) is 18.4 Å². The van der Waals surface area contributed by atoms with Gasteiger partial charge in [-0.1, -0.05) is 19.3 Å². The monoisotopic (exact) mass is 176 g/mol. The van der Waals surface area contributed by atoms with E-state index >= 15 is 0 Å². The summed E-state index contributed by atoms with van der Waals surface area (Å²) in [5.74, 6) is 0. The predicted molar refractivity (Wildman–Crippen MR) is 54.7 cm³/mol. The van der Waals surface area contributed by atoms with Crippen LogP contribution >= 0.6 is 0 Å². The highest BCUT2D eigenvalue weighted by molar-refractivity contribution is 5.40. The summed E-state index contributed by atoms with van der Waals surface area (Å²) in [6.45, 7) is 0. The quantitative estimate of drug-likeness (QED) is 0.749. The molecule has 1 heterocycles. The summed E-state index contributed by atoms with van der Waals surface area (Å²) in [7, 11) is 0. The smallest absolute Gasteiger partial charge is 0.0528 e. The van der Waals surface area contributed by atoms with Gasteiger partial charge in [0.1, 0.15) is 0 Å². The average Bonchev–Trinajstić information content (AvgIpc) is 2.21. The normalized spacial score (nSPS) is 18.5. The van der Waals surface area contributed by atoms with Crippen LogP contribution in [0.25, 0.3) is 0 Å². The first kappa shape index (κ1) is 8.54. The van der Waals surface area contributed by atoms with Gasteiger partial charge in [0.05, 0.1) is 5.69 Å². The van der Waals surface area contributed by atoms with Crippen LogP contribution in [0.15, 0.2) is 24.5 Å². The Morgan fingerprint density at radius 1 is 1.23 bits per heavy atom. The van der Waals surface area contributed by atoms with Crippen molar-refractivity contribution in [3.05, 3.63) is 24.5 Å². The molecule has 0 radical (unpaired) electrons. The Balaban J connectivity index is 1.90. The molecule has 1 saturated carbocycles. The first-order chi connectivity index (χ1) is 6.45. The Morgan fingerprint density at radius 2 is 2.08 bits per heavy atom. The van der Waals surface area contributed by atoms with Crippen LogP contribution in [0.1, 0.15) is 32.1 Å². The third-order valence-electron chi connectivity index (χ3n) is 2.64. The second kappa shape index (κ2) is 4.26. The van der Waals surface area contributed by atoms with Crippen LogP contribution < -0.4 is 5.32 Å². The highest BCUT2D eigenvalue weighted by Crippen LogP contribution is 2.20. The van der Waals surface area contributed by atoms with E-state index < -0.39 is 0 Å². The Labute approximate surface area is 79.4 Å². The molecule has 1 fully saturated rings. The van der Waals surface area contributed by atoms with Gasteiger partial charge in [-0.3, -0.25) is 4.98 Å². The lowest BCUT2D eigenvalue weighted by atomic mass is 9.95. The molecule has 1 N–H and O–H groups in total. The molecule has 0 saturated heterocycles. The van der Waals surface area contributed by atoms with Gasteiger partial charge in [0.25, 0.3) is 0 Å². The van der Waals surface area contributed by atoms with E-state index in [9.17, 15) is 0 Å². The molecule has 0 bridgehead atoms. The van der Waals surface area contributed by atoms with Gasteiger partial charge >= 0.3 is 0 Å². The van der Waals surface area contributed by atoms with Crippen LogP contribution in [0, 0.1) is 0 Å². The standard InChI is InChI=1S/C11H16N2/c1-2-5-10(6-3-1)13-11-7-4-8-12-9-11/h4,7-10,13H,1-3,5-6H2. The van der Waals surface area contributed by atoms with Crippen LogP contribution in [0.2, 0.25) is 0 Å². The van der Waals surface area contributed by atoms with Crippen molar-refractivity contribution in [3.63, 3.8) is 0 Å². The minimum Gasteiger partial charge on any atom is -0.381 e. The number of aromatic nitrogens is 1. The topological polar surface area (TPSA) is 24.9 Å². The lowest BCUT2D eigenvalue weighted by Crippen LogP contribution is -2.22. The maximum absolute atomic E-state index is 4.09. The minimum atomic E-state index is 0.679. The molecule has 2 rings (SSSR count). The van der Waals surface area contributed by atoms with Gasteiger partial charge < -0.3 is 5.32 Å². The molecule has 1 aliphatic carbocycles. The number of pyridine rings is 1. The van der Waals surface area contributed by atoms with Gasteiger partial charge in [-0.05, 0) is 25.0 Å². The second-order valence-electron chi connectivity index (χ2n) is 3.72. The fourth-order valence-electron chi connectivity index (χ4n) is 1.93. The van der Waals surface area contributed by atoms with Gasteiger partial charge in [-0.15, -0.1) is 0 Å². The third kappa shape index (κ3) is 2.44. The zero-order valence-electron chi connectivity index (χ0n) is 7.87. The number of anilines is 1. The first-order valence-electron chi connectivity index (χ1n) is 5.12. The van der Waals surface area contributed by atoms with Crippen molar-refractivity contribution in [2.24, 2.45) is 0 Å². The van der Waals surface area contributed by atoms with Crippen LogP contribution in [-0.4, -0.2) is 11.0 Å². The maximum Gasteiger partial charge on any atom is 0.0528 e. The molecule has 1 aliphatic rings. The van der Waals surface area contributed by atoms with Gasteiger partial charge in [-0.2, -0.15) is 0 Å². The van der Waals surface area contributed by atoms with Crippen molar-refractivity contribution in [1.29, 1.82) is 0 Å². The minimum absolute atomic E-state index is 0.679. The molecule has 1 aromatic rings. The van der Waals surface area contributed by atoms with E-state index in [1.54, 1.807) is 0 Å². The Hall–Kier alpha value is -1.05. The molecule has 2 nitrogen and oxygen atoms in total. The Kier molecular flexibility index (Phi) is 2.80. The molecule has 0 atom stereocenters. The molecular weight excluding hydrogens is 160 g/mol. The number of nitrogens with zero attached hydrogens (tertiary/aromatic N) is 1. The maximum atomic E-state index is 4.09. The molecule has 13 heavy (non-hydrogen) atoms. The van der Waals surface area contributed by atoms with Crippen molar-refractivity contribution < 1.29 is 0 Å². The van der Waals surface area contributed by atoms with Gasteiger partial charge in [0.2, 0.25) is 0 Å². The predicted octanol–water partition coefficient (Wildman–Crippen LogP) is 2.83. The van der Waals surface area contributed by atoms with Gasteiger partial charge in [0.15, 0.2) is 0 Å². The molecule has 0 aromatic carbocycles. The lowest BCUT2D eigenvalue weighted by Gasteiger charge is -2.23. The van der Waals surface area contributed by atoms with Crippen molar-refractivity contribution in [1.82, 2.24) is 4.98 Å². The lowest BCUT2D eigenvalue weighted by molar-refractivity contribution is 0.462. The highest BCUT2D eigenvalue weighted by atomic mass is 14.9. The molecular formula is C11H16N2. The number of rotatable bonds is 2. The second-order valence-corrected chi connectivity index (χ2v) is 3.72. The first-order valence-corrected chi connectivity index (χ1v) is 5.12. The van der Waals surface area contributed by atoms with E-state index in [1.165, 1.54) is 32.1 Å². The van der Waals surface area contributed by atoms with Crippen LogP contribution in [0.3, 0.4) is 0 Å². The fraction of sp³-hybridized carbons (Fsp3) is 0.545. The summed E-state index contributed by atoms with van der Waals surface area (Å²) in [5, 5.41) is 3.52. The number of nitrogens with one attached hydrogen (secondary N) is 1. The highest BCUT2D eigenvalue weighted by Gasteiger charge is 2.12. The average molecular weight is 176 g/mol. The summed E-state index contributed by atoms with van der Waals surface area (Å²) < 4.78 is 0. The number of hydrogen-bond donors (Lipinski definition) is 1. The summed E-state index contributed by atoms with van der Waals surface area (Å²) in [6, 6.07) is 4.74. The van der Waals surface area contributed by atoms with Crippen LogP contribution in [-0.2, 0) is 0 Å². The summed E-state index contributed by atoms with van der Waals surface area (Å²) >= 11 is 0. The van der Waals surface area contributed by atoms with Crippen molar-refractivity contribution in [2.75, 3.05) is 5.32 Å². The van der Waals surface area contributed by atoms with Crippen molar-refractivity contribution in [2.45, 2.75) is 38.1 Å². The Bertz CT molecular complexity index is 240. The largest absolute Gasteiger partial charge is 0.381 e. The van der Waals surface area contributed by atoms with E-state index in [4.69, 9.17) is 0 Å². The molecule has 1 aromatic heterocycles. The van der Waals surface area contributed by atoms with E-state index in [0.29, 0.717) is 6.04 Å². The van der Waals surface area contributed by atoms with Crippen LogP contribution in [0.4, 0.5) is 5.69 Å². The summed E-state index contributed by atoms with van der Waals surface area (Å²) in [5.41, 5.74) is 1.16. The third-order valence-corrected chi connectivity index (χ3v) is 2.64. The summed E-state index contributed by atoms with van der Waals surface area (Å²) in [4.78, 5) is 4.09. The molecule has 70 valence electrons. The number of hydrogen-bond acceptors (Lipinski definition) is 2. The van der Waals surface area contributed by atoms with Crippen LogP contribution in [0.5, 0.6) is 0 Å².